The zero-order chi connectivity index (χ0) is 25.2. The molecule has 10 nitrogen and oxygen atoms in total. The Morgan fingerprint density at radius 2 is 1.77 bits per heavy atom. The lowest BCUT2D eigenvalue weighted by molar-refractivity contribution is -0.114. The van der Waals surface area contributed by atoms with E-state index in [9.17, 15) is 18.0 Å². The van der Waals surface area contributed by atoms with Crippen molar-refractivity contribution in [1.82, 2.24) is 14.1 Å². The Balaban J connectivity index is 1.69. The van der Waals surface area contributed by atoms with Gasteiger partial charge in [0.1, 0.15) is 5.75 Å². The molecule has 11 heteroatoms. The van der Waals surface area contributed by atoms with Crippen molar-refractivity contribution in [1.29, 1.82) is 0 Å². The smallest absolute Gasteiger partial charge is 0.359 e. The highest BCUT2D eigenvalue weighted by Gasteiger charge is 2.34. The van der Waals surface area contributed by atoms with Crippen molar-refractivity contribution in [3.63, 3.8) is 0 Å². The molecule has 0 radical (unpaired) electrons. The number of ether oxygens (including phenoxy) is 2. The number of nitrogens with one attached hydrogen (secondary N) is 1. The lowest BCUT2D eigenvalue weighted by Gasteiger charge is -2.27. The van der Waals surface area contributed by atoms with E-state index in [2.05, 4.69) is 10.4 Å². The summed E-state index contributed by atoms with van der Waals surface area (Å²) in [5.41, 5.74) is 2.60. The Kier molecular flexibility index (Phi) is 6.90. The van der Waals surface area contributed by atoms with Crippen molar-refractivity contribution < 1.29 is 27.5 Å². The van der Waals surface area contributed by atoms with Gasteiger partial charge >= 0.3 is 5.97 Å². The number of methoxy groups -OCH3 is 1. The molecule has 2 heterocycles. The topological polar surface area (TPSA) is 120 Å². The quantitative estimate of drug-likeness (QED) is 0.498. The zero-order valence-corrected chi connectivity index (χ0v) is 20.5. The third-order valence-corrected chi connectivity index (χ3v) is 7.48. The minimum Gasteiger partial charge on any atom is -0.497 e. The molecular weight excluding hydrogens is 472 g/mol. The molecule has 1 aliphatic rings. The van der Waals surface area contributed by atoms with Crippen LogP contribution in [0.4, 0.5) is 5.69 Å². The zero-order valence-electron chi connectivity index (χ0n) is 19.6. The molecule has 0 atom stereocenters. The van der Waals surface area contributed by atoms with Gasteiger partial charge in [0.05, 0.1) is 30.0 Å². The Labute approximate surface area is 203 Å². The van der Waals surface area contributed by atoms with Crippen LogP contribution >= 0.6 is 0 Å². The summed E-state index contributed by atoms with van der Waals surface area (Å²) in [7, 11) is -2.28. The summed E-state index contributed by atoms with van der Waals surface area (Å²) in [5.74, 6) is -0.165. The number of anilines is 1. The summed E-state index contributed by atoms with van der Waals surface area (Å²) in [6.07, 6.45) is 0.358. The molecule has 1 N–H and O–H groups in total. The fourth-order valence-electron chi connectivity index (χ4n) is 3.96. The third-order valence-electron chi connectivity index (χ3n) is 5.62. The van der Waals surface area contributed by atoms with Gasteiger partial charge in [0.25, 0.3) is 0 Å². The van der Waals surface area contributed by atoms with Crippen LogP contribution in [0.25, 0.3) is 5.69 Å². The van der Waals surface area contributed by atoms with E-state index in [0.717, 1.165) is 11.4 Å². The van der Waals surface area contributed by atoms with E-state index in [4.69, 9.17) is 9.47 Å². The summed E-state index contributed by atoms with van der Waals surface area (Å²) in [6.45, 7) is 3.45. The highest BCUT2D eigenvalue weighted by molar-refractivity contribution is 7.89. The maximum atomic E-state index is 13.4. The van der Waals surface area contributed by atoms with Crippen molar-refractivity contribution in [3.8, 4) is 11.4 Å². The molecule has 0 aliphatic carbocycles. The molecule has 1 amide bonds. The van der Waals surface area contributed by atoms with Gasteiger partial charge in [0, 0.05) is 37.7 Å². The van der Waals surface area contributed by atoms with Crippen molar-refractivity contribution in [2.75, 3.05) is 25.6 Å². The number of hydrogen-bond acceptors (Lipinski definition) is 7. The molecule has 0 bridgehead atoms. The van der Waals surface area contributed by atoms with Crippen LogP contribution < -0.4 is 10.1 Å². The van der Waals surface area contributed by atoms with Gasteiger partial charge in [-0.3, -0.25) is 4.79 Å². The van der Waals surface area contributed by atoms with E-state index in [-0.39, 0.29) is 36.2 Å². The predicted octanol–water partition coefficient (Wildman–Crippen LogP) is 2.76. The molecular formula is C24H26N4O6S. The van der Waals surface area contributed by atoms with Crippen LogP contribution in [0.3, 0.4) is 0 Å². The number of amides is 1. The molecule has 1 aromatic heterocycles. The van der Waals surface area contributed by atoms with E-state index in [0.29, 0.717) is 23.4 Å². The number of benzene rings is 2. The van der Waals surface area contributed by atoms with Crippen LogP contribution in [-0.4, -0.2) is 54.6 Å². The highest BCUT2D eigenvalue weighted by Crippen LogP contribution is 2.30. The number of hydrogen-bond donors (Lipinski definition) is 1. The summed E-state index contributed by atoms with van der Waals surface area (Å²) in [4.78, 5) is 24.0. The number of rotatable bonds is 7. The van der Waals surface area contributed by atoms with Crippen LogP contribution in [0.5, 0.6) is 5.75 Å². The van der Waals surface area contributed by atoms with E-state index in [1.54, 1.807) is 30.8 Å². The minimum atomic E-state index is -3.85. The molecule has 4 rings (SSSR count). The molecule has 0 saturated heterocycles. The Morgan fingerprint density at radius 1 is 1.09 bits per heavy atom. The second kappa shape index (κ2) is 9.88. The SMILES string of the molecule is CCOC(=O)c1nn(-c2ccc(OC)cc2)c2c1CN(S(=O)(=O)c1ccc(NC(C)=O)cc1)CC2. The average molecular weight is 499 g/mol. The fraction of sp³-hybridized carbons (Fsp3) is 0.292. The Hall–Kier alpha value is -3.70. The number of nitrogens with zero attached hydrogens (tertiary/aromatic N) is 3. The largest absolute Gasteiger partial charge is 0.497 e. The van der Waals surface area contributed by atoms with Gasteiger partial charge in [-0.1, -0.05) is 0 Å². The average Bonchev–Trinajstić information content (AvgIpc) is 3.23. The lowest BCUT2D eigenvalue weighted by Crippen LogP contribution is -2.36. The summed E-state index contributed by atoms with van der Waals surface area (Å²) >= 11 is 0. The predicted molar refractivity (Wildman–Crippen MR) is 128 cm³/mol. The molecule has 1 aliphatic heterocycles. The van der Waals surface area contributed by atoms with Crippen LogP contribution in [0.2, 0.25) is 0 Å². The normalized spacial score (nSPS) is 13.7. The van der Waals surface area contributed by atoms with Crippen molar-refractivity contribution >= 4 is 27.6 Å². The second-order valence-corrected chi connectivity index (χ2v) is 9.84. The second-order valence-electron chi connectivity index (χ2n) is 7.90. The van der Waals surface area contributed by atoms with Gasteiger partial charge < -0.3 is 14.8 Å². The first-order valence-corrected chi connectivity index (χ1v) is 12.5. The van der Waals surface area contributed by atoms with E-state index in [1.165, 1.54) is 35.5 Å². The Bertz CT molecular complexity index is 1350. The number of carbonyl (C=O) groups excluding carboxylic acids is 2. The van der Waals surface area contributed by atoms with Crippen LogP contribution in [0.15, 0.2) is 53.4 Å². The first-order chi connectivity index (χ1) is 16.7. The van der Waals surface area contributed by atoms with Gasteiger partial charge in [0.2, 0.25) is 15.9 Å². The molecule has 0 unspecified atom stereocenters. The van der Waals surface area contributed by atoms with Gasteiger partial charge in [-0.2, -0.15) is 9.40 Å². The van der Waals surface area contributed by atoms with E-state index >= 15 is 0 Å². The van der Waals surface area contributed by atoms with E-state index in [1.807, 2.05) is 12.1 Å². The summed E-state index contributed by atoms with van der Waals surface area (Å²) in [6, 6.07) is 13.2. The van der Waals surface area contributed by atoms with Gasteiger partial charge in [0.15, 0.2) is 5.69 Å². The molecule has 2 aromatic carbocycles. The standard InChI is InChI=1S/C24H26N4O6S/c1-4-34-24(30)23-21-15-27(35(31,32)20-11-5-17(6-12-20)25-16(2)29)14-13-22(21)28(26-23)18-7-9-19(33-3)10-8-18/h5-12H,4,13-15H2,1-3H3,(H,25,29). The first-order valence-electron chi connectivity index (χ1n) is 11.0. The van der Waals surface area contributed by atoms with Crippen molar-refractivity contribution in [2.45, 2.75) is 31.7 Å². The van der Waals surface area contributed by atoms with Crippen LogP contribution in [0.1, 0.15) is 35.6 Å². The summed E-state index contributed by atoms with van der Waals surface area (Å²) < 4.78 is 40.1. The van der Waals surface area contributed by atoms with E-state index < -0.39 is 16.0 Å². The number of esters is 1. The maximum absolute atomic E-state index is 13.4. The monoisotopic (exact) mass is 498 g/mol. The number of carbonyl (C=O) groups is 2. The minimum absolute atomic E-state index is 0.0184. The molecule has 0 fully saturated rings. The molecule has 0 spiro atoms. The first kappa shape index (κ1) is 24.4. The van der Waals surface area contributed by atoms with Gasteiger partial charge in [-0.05, 0) is 55.5 Å². The van der Waals surface area contributed by atoms with Gasteiger partial charge in [-0.15, -0.1) is 0 Å². The molecule has 0 saturated carbocycles. The highest BCUT2D eigenvalue weighted by atomic mass is 32.2. The lowest BCUT2D eigenvalue weighted by atomic mass is 10.1. The van der Waals surface area contributed by atoms with Crippen LogP contribution in [0, 0.1) is 0 Å². The number of fused-ring (bicyclic) bond motifs is 1. The summed E-state index contributed by atoms with van der Waals surface area (Å²) in [5, 5.41) is 7.12. The van der Waals surface area contributed by atoms with Crippen molar-refractivity contribution in [3.05, 3.63) is 65.5 Å². The van der Waals surface area contributed by atoms with Gasteiger partial charge in [-0.25, -0.2) is 17.9 Å². The number of sulfonamides is 1. The Morgan fingerprint density at radius 3 is 2.37 bits per heavy atom. The van der Waals surface area contributed by atoms with Crippen molar-refractivity contribution in [2.24, 2.45) is 0 Å². The maximum Gasteiger partial charge on any atom is 0.359 e. The molecule has 35 heavy (non-hydrogen) atoms. The third kappa shape index (κ3) is 4.91. The fourth-order valence-corrected chi connectivity index (χ4v) is 5.37. The molecule has 184 valence electrons. The molecule has 3 aromatic rings. The number of aromatic nitrogens is 2. The van der Waals surface area contributed by atoms with Crippen LogP contribution in [-0.2, 0) is 32.5 Å².